The van der Waals surface area contributed by atoms with Gasteiger partial charge in [0.05, 0.1) is 6.61 Å². The summed E-state index contributed by atoms with van der Waals surface area (Å²) in [4.78, 5) is 0. The molecule has 1 heterocycles. The molecule has 0 aromatic carbocycles. The molecule has 0 aromatic heterocycles. The molecule has 1 unspecified atom stereocenters. The third-order valence-electron chi connectivity index (χ3n) is 2.96. The molecule has 0 saturated heterocycles. The number of ether oxygens (including phenoxy) is 1. The van der Waals surface area contributed by atoms with Crippen molar-refractivity contribution in [1.82, 2.24) is 0 Å². The van der Waals surface area contributed by atoms with Gasteiger partial charge in [0.1, 0.15) is 0 Å². The minimum atomic E-state index is 0.699. The third kappa shape index (κ3) is 7.34. The third-order valence-corrected chi connectivity index (χ3v) is 4.03. The van der Waals surface area contributed by atoms with Crippen LogP contribution in [0.4, 0.5) is 0 Å². The first-order valence-electron chi connectivity index (χ1n) is 6.81. The highest BCUT2D eigenvalue weighted by molar-refractivity contribution is 8.03. The first-order chi connectivity index (χ1) is 7.93. The molecule has 0 radical (unpaired) electrons. The molecule has 94 valence electrons. The molecule has 0 saturated carbocycles. The number of hydrogen-bond acceptors (Lipinski definition) is 2. The van der Waals surface area contributed by atoms with Crippen molar-refractivity contribution in [3.63, 3.8) is 0 Å². The summed E-state index contributed by atoms with van der Waals surface area (Å²) in [5, 5.41) is 2.89. The molecule has 1 aliphatic heterocycles. The van der Waals surface area contributed by atoms with Gasteiger partial charge < -0.3 is 4.74 Å². The largest absolute Gasteiger partial charge is 0.380 e. The van der Waals surface area contributed by atoms with Gasteiger partial charge in [-0.2, -0.15) is 0 Å². The number of unbranched alkanes of at least 4 members (excludes halogenated alkanes) is 6. The summed E-state index contributed by atoms with van der Waals surface area (Å²) in [5.74, 6) is 0. The van der Waals surface area contributed by atoms with Gasteiger partial charge in [-0.15, -0.1) is 11.8 Å². The SMILES string of the molecule is CCCCCCCCCOCC1CC=CS1. The molecule has 0 amide bonds. The predicted molar refractivity (Wildman–Crippen MR) is 73.9 cm³/mol. The van der Waals surface area contributed by atoms with E-state index in [9.17, 15) is 0 Å². The number of rotatable bonds is 10. The van der Waals surface area contributed by atoms with Gasteiger partial charge in [0.2, 0.25) is 0 Å². The summed E-state index contributed by atoms with van der Waals surface area (Å²) in [5.41, 5.74) is 0. The standard InChI is InChI=1S/C14H26OS/c1-2-3-4-5-6-7-8-11-15-13-14-10-9-12-16-14/h9,12,14H,2-8,10-11,13H2,1H3. The van der Waals surface area contributed by atoms with Crippen LogP contribution in [-0.4, -0.2) is 18.5 Å². The van der Waals surface area contributed by atoms with Crippen molar-refractivity contribution in [2.24, 2.45) is 0 Å². The van der Waals surface area contributed by atoms with Gasteiger partial charge in [-0.1, -0.05) is 51.5 Å². The van der Waals surface area contributed by atoms with Crippen molar-refractivity contribution in [2.75, 3.05) is 13.2 Å². The lowest BCUT2D eigenvalue weighted by Crippen LogP contribution is -2.09. The van der Waals surface area contributed by atoms with E-state index in [2.05, 4.69) is 18.4 Å². The molecule has 1 nitrogen and oxygen atoms in total. The highest BCUT2D eigenvalue weighted by Gasteiger charge is 2.10. The normalized spacial score (nSPS) is 19.4. The van der Waals surface area contributed by atoms with Crippen LogP contribution in [0.25, 0.3) is 0 Å². The minimum absolute atomic E-state index is 0.699. The predicted octanol–water partition coefficient (Wildman–Crippen LogP) is 4.77. The Bertz CT molecular complexity index is 172. The first-order valence-corrected chi connectivity index (χ1v) is 7.76. The second kappa shape index (κ2) is 10.2. The van der Waals surface area contributed by atoms with Crippen LogP contribution in [0, 0.1) is 0 Å². The first kappa shape index (κ1) is 14.1. The summed E-state index contributed by atoms with van der Waals surface area (Å²) in [7, 11) is 0. The molecule has 16 heavy (non-hydrogen) atoms. The summed E-state index contributed by atoms with van der Waals surface area (Å²) in [6.07, 6.45) is 13.0. The minimum Gasteiger partial charge on any atom is -0.380 e. The van der Waals surface area contributed by atoms with Crippen molar-refractivity contribution >= 4 is 11.8 Å². The Labute approximate surface area is 105 Å². The molecule has 2 heteroatoms. The Morgan fingerprint density at radius 3 is 2.56 bits per heavy atom. The fraction of sp³-hybridized carbons (Fsp3) is 0.857. The quantitative estimate of drug-likeness (QED) is 0.510. The number of allylic oxidation sites excluding steroid dienone is 1. The van der Waals surface area contributed by atoms with Crippen molar-refractivity contribution in [3.05, 3.63) is 11.5 Å². The maximum Gasteiger partial charge on any atom is 0.0591 e. The Morgan fingerprint density at radius 1 is 1.12 bits per heavy atom. The number of hydrogen-bond donors (Lipinski definition) is 0. The van der Waals surface area contributed by atoms with Crippen molar-refractivity contribution in [1.29, 1.82) is 0 Å². The van der Waals surface area contributed by atoms with Gasteiger partial charge in [-0.3, -0.25) is 0 Å². The summed E-state index contributed by atoms with van der Waals surface area (Å²) < 4.78 is 5.68. The maximum atomic E-state index is 5.68. The smallest absolute Gasteiger partial charge is 0.0591 e. The summed E-state index contributed by atoms with van der Waals surface area (Å²) in [6, 6.07) is 0. The van der Waals surface area contributed by atoms with E-state index in [0.717, 1.165) is 13.2 Å². The molecule has 0 aliphatic carbocycles. The molecule has 1 rings (SSSR count). The fourth-order valence-corrected chi connectivity index (χ4v) is 2.75. The van der Waals surface area contributed by atoms with Crippen molar-refractivity contribution < 1.29 is 4.74 Å². The van der Waals surface area contributed by atoms with Gasteiger partial charge in [0.15, 0.2) is 0 Å². The van der Waals surface area contributed by atoms with Crippen LogP contribution >= 0.6 is 11.8 Å². The van der Waals surface area contributed by atoms with E-state index < -0.39 is 0 Å². The van der Waals surface area contributed by atoms with Crippen LogP contribution in [0.5, 0.6) is 0 Å². The van der Waals surface area contributed by atoms with E-state index in [1.165, 1.54) is 51.4 Å². The maximum absolute atomic E-state index is 5.68. The van der Waals surface area contributed by atoms with Gasteiger partial charge >= 0.3 is 0 Å². The summed E-state index contributed by atoms with van der Waals surface area (Å²) in [6.45, 7) is 4.17. The monoisotopic (exact) mass is 242 g/mol. The molecule has 0 fully saturated rings. The van der Waals surface area contributed by atoms with Gasteiger partial charge in [-0.25, -0.2) is 0 Å². The Balaban J connectivity index is 1.71. The average Bonchev–Trinajstić information content (AvgIpc) is 2.80. The summed E-state index contributed by atoms with van der Waals surface area (Å²) >= 11 is 1.91. The molecule has 0 bridgehead atoms. The highest BCUT2D eigenvalue weighted by atomic mass is 32.2. The fourth-order valence-electron chi connectivity index (χ4n) is 1.91. The molecular weight excluding hydrogens is 216 g/mol. The lowest BCUT2D eigenvalue weighted by atomic mass is 10.1. The van der Waals surface area contributed by atoms with E-state index in [1.807, 2.05) is 11.8 Å². The Hall–Kier alpha value is 0.0500. The van der Waals surface area contributed by atoms with Crippen LogP contribution in [0.3, 0.4) is 0 Å². The second-order valence-electron chi connectivity index (χ2n) is 4.56. The van der Waals surface area contributed by atoms with Gasteiger partial charge in [0.25, 0.3) is 0 Å². The zero-order valence-corrected chi connectivity index (χ0v) is 11.4. The van der Waals surface area contributed by atoms with Crippen molar-refractivity contribution in [3.8, 4) is 0 Å². The molecule has 1 atom stereocenters. The topological polar surface area (TPSA) is 9.23 Å². The van der Waals surface area contributed by atoms with Crippen LogP contribution in [-0.2, 0) is 4.74 Å². The molecule has 0 N–H and O–H groups in total. The van der Waals surface area contributed by atoms with E-state index in [4.69, 9.17) is 4.74 Å². The van der Waals surface area contributed by atoms with Gasteiger partial charge in [0, 0.05) is 11.9 Å². The van der Waals surface area contributed by atoms with E-state index >= 15 is 0 Å². The lowest BCUT2D eigenvalue weighted by molar-refractivity contribution is 0.131. The van der Waals surface area contributed by atoms with Crippen molar-refractivity contribution in [2.45, 2.75) is 63.5 Å². The van der Waals surface area contributed by atoms with Gasteiger partial charge in [-0.05, 0) is 18.2 Å². The zero-order chi connectivity index (χ0) is 11.5. The molecule has 1 aliphatic rings. The molecule has 0 spiro atoms. The van der Waals surface area contributed by atoms with Crippen LogP contribution in [0.2, 0.25) is 0 Å². The average molecular weight is 242 g/mol. The van der Waals surface area contributed by atoms with Crippen LogP contribution in [0.1, 0.15) is 58.3 Å². The van der Waals surface area contributed by atoms with E-state index in [1.54, 1.807) is 0 Å². The Kier molecular flexibility index (Phi) is 9.01. The lowest BCUT2D eigenvalue weighted by Gasteiger charge is -2.09. The highest BCUT2D eigenvalue weighted by Crippen LogP contribution is 2.23. The number of thioether (sulfide) groups is 1. The van der Waals surface area contributed by atoms with Crippen LogP contribution < -0.4 is 0 Å². The zero-order valence-electron chi connectivity index (χ0n) is 10.6. The van der Waals surface area contributed by atoms with E-state index in [-0.39, 0.29) is 0 Å². The second-order valence-corrected chi connectivity index (χ2v) is 5.77. The van der Waals surface area contributed by atoms with E-state index in [0.29, 0.717) is 5.25 Å². The molecular formula is C14H26OS. The Morgan fingerprint density at radius 2 is 1.88 bits per heavy atom. The van der Waals surface area contributed by atoms with Crippen LogP contribution in [0.15, 0.2) is 11.5 Å². The molecule has 0 aromatic rings.